The van der Waals surface area contributed by atoms with Crippen LogP contribution in [-0.2, 0) is 81.6 Å². The minimum Gasteiger partial charge on any atom is -0.368 e. The Kier molecular flexibility index (Phi) is 24.9. The number of hydrazine groups is 1. The molecule has 3 aliphatic heterocycles. The molecule has 0 aliphatic carbocycles. The van der Waals surface area contributed by atoms with Crippen LogP contribution in [0, 0.1) is 5.92 Å². The molecule has 508 valence electrons. The van der Waals surface area contributed by atoms with E-state index in [1.165, 1.54) is 17.4 Å². The first-order valence-corrected chi connectivity index (χ1v) is 31.9. The molecule has 5 aromatic rings. The molecule has 0 radical (unpaired) electrons. The van der Waals surface area contributed by atoms with Crippen molar-refractivity contribution in [1.29, 1.82) is 0 Å². The quantitative estimate of drug-likeness (QED) is 0.0178. The number of imidazole rings is 1. The van der Waals surface area contributed by atoms with Gasteiger partial charge in [0.1, 0.15) is 60.4 Å². The van der Waals surface area contributed by atoms with Crippen LogP contribution in [0.4, 0.5) is 0 Å². The van der Waals surface area contributed by atoms with Gasteiger partial charge < -0.3 is 79.5 Å². The van der Waals surface area contributed by atoms with Gasteiger partial charge in [-0.1, -0.05) is 74.5 Å². The maximum atomic E-state index is 15.0. The second-order valence-corrected chi connectivity index (χ2v) is 24.5. The van der Waals surface area contributed by atoms with Crippen molar-refractivity contribution < 1.29 is 62.3 Å². The summed E-state index contributed by atoms with van der Waals surface area (Å²) in [5, 5.41) is 29.1. The van der Waals surface area contributed by atoms with Crippen LogP contribution >= 0.6 is 0 Å². The van der Waals surface area contributed by atoms with Gasteiger partial charge in [-0.2, -0.15) is 0 Å². The number of aromatic nitrogens is 3. The highest BCUT2D eigenvalue weighted by Crippen LogP contribution is 2.23. The molecule has 5 heterocycles. The third-order valence-corrected chi connectivity index (χ3v) is 16.9. The molecule has 1 unspecified atom stereocenters. The largest absolute Gasteiger partial charge is 0.368 e. The molecule has 13 amide bonds. The summed E-state index contributed by atoms with van der Waals surface area (Å²) in [6.07, 6.45) is 3.70. The fourth-order valence-electron chi connectivity index (χ4n) is 11.8. The Hall–Kier alpha value is -10.3. The summed E-state index contributed by atoms with van der Waals surface area (Å²) >= 11 is 0. The van der Waals surface area contributed by atoms with Gasteiger partial charge in [-0.15, -0.1) is 0 Å². The molecule has 31 heteroatoms. The summed E-state index contributed by atoms with van der Waals surface area (Å²) in [4.78, 5) is 193. The van der Waals surface area contributed by atoms with E-state index in [1.54, 1.807) is 36.5 Å². The van der Waals surface area contributed by atoms with Crippen LogP contribution in [0.5, 0.6) is 0 Å². The molecule has 2 aromatic heterocycles. The number of rotatable bonds is 23. The van der Waals surface area contributed by atoms with Gasteiger partial charge in [0.15, 0.2) is 0 Å². The average molecular weight is 1310 g/mol. The molecule has 95 heavy (non-hydrogen) atoms. The number of H-pyrrole nitrogens is 2. The molecule has 31 nitrogen and oxygen atoms in total. The standard InChI is InChI=1S/C64H84N18O13/c1-34(2)24-45-58(89)74-44(64(95)82-23-9-15-51(82)63(94)80-50(30-65)55(66)86)14-7-8-22-69-52(83)20-18-43(57(88)76-46(59(90)75-45)26-35-16-17-36-10-3-4-11-37(36)25-35)73-62(93)49(29-54(85)81-67)79-60(91)47(27-38-31-70-41-13-6-5-12-40(38)41)77-61(92)48(28-39-32-68-33-71-39)78-56(87)42-19-21-53(84)72-42/h3-6,10-13,16-17,25,31-34,42-51,70H,7-9,14-15,18-24,26-30,65,67H2,1-2H3,(H2,66,86)(H,68,71)(H,69,83)(H,72,84)(H,73,93)(H,74,89)(H,75,90)(H,76,88)(H,77,92)(H,78,87)(H,79,91)(H,80,94)(H,81,85)/t42-,43-,44-,45-,46+,47+,48-,49-,50?,51-/m0/s1. The minimum absolute atomic E-state index is 0.0260. The Labute approximate surface area is 546 Å². The van der Waals surface area contributed by atoms with Crippen molar-refractivity contribution in [3.63, 3.8) is 0 Å². The van der Waals surface area contributed by atoms with Crippen molar-refractivity contribution in [3.05, 3.63) is 102 Å². The molecule has 0 saturated carbocycles. The highest BCUT2D eigenvalue weighted by molar-refractivity contribution is 6.01. The molecule has 10 atom stereocenters. The van der Waals surface area contributed by atoms with Gasteiger partial charge in [-0.05, 0) is 85.3 Å². The number of carbonyl (C=O) groups excluding carboxylic acids is 13. The number of fused-ring (bicyclic) bond motifs is 2. The van der Waals surface area contributed by atoms with Crippen LogP contribution in [0.1, 0.15) is 101 Å². The van der Waals surface area contributed by atoms with E-state index in [1.807, 2.05) is 55.7 Å². The number of nitrogens with zero attached hydrogens (tertiary/aromatic N) is 2. The van der Waals surface area contributed by atoms with Gasteiger partial charge in [-0.25, -0.2) is 10.8 Å². The summed E-state index contributed by atoms with van der Waals surface area (Å²) in [6.45, 7) is 3.53. The minimum atomic E-state index is -1.85. The first-order chi connectivity index (χ1) is 45.6. The second kappa shape index (κ2) is 33.5. The van der Waals surface area contributed by atoms with Crippen LogP contribution in [-0.4, -0.2) is 177 Å². The van der Waals surface area contributed by atoms with E-state index in [4.69, 9.17) is 17.3 Å². The van der Waals surface area contributed by atoms with Crippen LogP contribution in [0.15, 0.2) is 85.5 Å². The van der Waals surface area contributed by atoms with Gasteiger partial charge in [0.2, 0.25) is 76.8 Å². The number of nitrogens with one attached hydrogen (secondary N) is 13. The summed E-state index contributed by atoms with van der Waals surface area (Å²) < 4.78 is 0. The van der Waals surface area contributed by atoms with Crippen molar-refractivity contribution in [1.82, 2.24) is 78.4 Å². The average Bonchev–Trinajstić information content (AvgIpc) is 1.44. The molecule has 0 spiro atoms. The number of carbonyl (C=O) groups is 13. The number of benzene rings is 3. The number of para-hydroxylation sites is 1. The summed E-state index contributed by atoms with van der Waals surface area (Å²) in [7, 11) is 0. The Morgan fingerprint density at radius 1 is 0.663 bits per heavy atom. The van der Waals surface area contributed by atoms with Gasteiger partial charge in [-0.3, -0.25) is 67.8 Å². The zero-order valence-corrected chi connectivity index (χ0v) is 52.9. The number of likely N-dealkylation sites (tertiary alicyclic amines) is 1. The molecule has 3 aliphatic rings. The van der Waals surface area contributed by atoms with Crippen LogP contribution in [0.25, 0.3) is 21.7 Å². The maximum absolute atomic E-state index is 15.0. The number of nitrogens with two attached hydrogens (primary N) is 3. The second-order valence-electron chi connectivity index (χ2n) is 24.5. The smallest absolute Gasteiger partial charge is 0.245 e. The lowest BCUT2D eigenvalue weighted by atomic mass is 9.98. The van der Waals surface area contributed by atoms with Crippen LogP contribution in [0.2, 0.25) is 0 Å². The van der Waals surface area contributed by atoms with Gasteiger partial charge >= 0.3 is 0 Å². The van der Waals surface area contributed by atoms with Gasteiger partial charge in [0.25, 0.3) is 0 Å². The summed E-state index contributed by atoms with van der Waals surface area (Å²) in [6, 6.07) is 6.25. The lowest BCUT2D eigenvalue weighted by Gasteiger charge is -2.31. The number of hydrogen-bond acceptors (Lipinski definition) is 16. The lowest BCUT2D eigenvalue weighted by Crippen LogP contribution is -2.61. The predicted octanol–water partition coefficient (Wildman–Crippen LogP) is -2.83. The third kappa shape index (κ3) is 19.6. The van der Waals surface area contributed by atoms with E-state index in [0.29, 0.717) is 34.1 Å². The van der Waals surface area contributed by atoms with Crippen molar-refractivity contribution >= 4 is 98.5 Å². The Morgan fingerprint density at radius 3 is 2.06 bits per heavy atom. The monoisotopic (exact) mass is 1310 g/mol. The van der Waals surface area contributed by atoms with Crippen LogP contribution < -0.4 is 75.9 Å². The fraction of sp³-hybridized carbons (Fsp3) is 0.469. The molecule has 0 bridgehead atoms. The first kappa shape index (κ1) is 70.6. The Morgan fingerprint density at radius 2 is 1.36 bits per heavy atom. The molecule has 8 rings (SSSR count). The van der Waals surface area contributed by atoms with E-state index in [-0.39, 0.29) is 95.7 Å². The maximum Gasteiger partial charge on any atom is 0.245 e. The van der Waals surface area contributed by atoms with Gasteiger partial charge in [0.05, 0.1) is 12.7 Å². The molecular weight excluding hydrogens is 1230 g/mol. The SMILES string of the molecule is CC(C)C[C@@H]1NC(=O)[C@@H](Cc2ccc3ccccc3c2)NC(=O)[C@@H](NC(=O)[C@H](CC(=O)NN)NC(=O)[C@@H](Cc2c[nH]c3ccccc23)NC(=O)[C@H](Cc2cnc[nH]2)NC(=O)[C@@H]2CCC(=O)N2)CCC(=O)NCCCC[C@@H](C(=O)N2CCC[C@H]2C(=O)NC(CN)C(N)=O)NC1=O. The highest BCUT2D eigenvalue weighted by Gasteiger charge is 2.41. The van der Waals surface area contributed by atoms with Crippen molar-refractivity contribution in [2.24, 2.45) is 23.2 Å². The topological polar surface area (TPSA) is 480 Å². The molecule has 3 fully saturated rings. The zero-order valence-electron chi connectivity index (χ0n) is 52.9. The number of aromatic amines is 2. The Balaban J connectivity index is 1.08. The summed E-state index contributed by atoms with van der Waals surface area (Å²) in [5.41, 5.74) is 15.3. The summed E-state index contributed by atoms with van der Waals surface area (Å²) in [5.74, 6) is -4.97. The van der Waals surface area contributed by atoms with E-state index >= 15 is 9.59 Å². The van der Waals surface area contributed by atoms with E-state index < -0.39 is 151 Å². The lowest BCUT2D eigenvalue weighted by molar-refractivity contribution is -0.142. The highest BCUT2D eigenvalue weighted by atomic mass is 16.2. The molecule has 19 N–H and O–H groups in total. The van der Waals surface area contributed by atoms with E-state index in [2.05, 4.69) is 68.1 Å². The number of amides is 13. The first-order valence-electron chi connectivity index (χ1n) is 31.9. The van der Waals surface area contributed by atoms with Crippen molar-refractivity contribution in [3.8, 4) is 0 Å². The van der Waals surface area contributed by atoms with Crippen LogP contribution in [0.3, 0.4) is 0 Å². The molecule has 3 aromatic carbocycles. The molecular formula is C64H84N18O13. The van der Waals surface area contributed by atoms with Crippen molar-refractivity contribution in [2.45, 2.75) is 164 Å². The number of hydrogen-bond donors (Lipinski definition) is 16. The van der Waals surface area contributed by atoms with E-state index in [0.717, 1.165) is 10.8 Å². The van der Waals surface area contributed by atoms with E-state index in [9.17, 15) is 52.7 Å². The third-order valence-electron chi connectivity index (χ3n) is 16.9. The van der Waals surface area contributed by atoms with Crippen molar-refractivity contribution in [2.75, 3.05) is 19.6 Å². The van der Waals surface area contributed by atoms with Gasteiger partial charge in [0, 0.05) is 80.7 Å². The fourth-order valence-corrected chi connectivity index (χ4v) is 11.8. The number of primary amides is 1. The zero-order chi connectivity index (χ0) is 68.3. The molecule has 3 saturated heterocycles. The normalized spacial score (nSPS) is 21.2. The Bertz CT molecular complexity index is 3630. The predicted molar refractivity (Wildman–Crippen MR) is 344 cm³/mol.